The Morgan fingerprint density at radius 2 is 1.64 bits per heavy atom. The van der Waals surface area contributed by atoms with Gasteiger partial charge in [0.25, 0.3) is 5.91 Å². The van der Waals surface area contributed by atoms with Crippen LogP contribution in [0.5, 0.6) is 0 Å². The van der Waals surface area contributed by atoms with Crippen molar-refractivity contribution in [1.82, 2.24) is 20.3 Å². The van der Waals surface area contributed by atoms with Gasteiger partial charge in [0.2, 0.25) is 21.8 Å². The van der Waals surface area contributed by atoms with Crippen LogP contribution in [-0.4, -0.2) is 57.3 Å². The Labute approximate surface area is 250 Å². The zero-order chi connectivity index (χ0) is 31.1. The SMILES string of the molecule is CCC[C@@H](NC(=O)c1nc(NC)sc1-c1ccc(C(C)(C)C)cc1)C(=O)NCCNS(=O)(=O)c1ccc(C(N)=O)cc1. The van der Waals surface area contributed by atoms with Crippen molar-refractivity contribution in [2.24, 2.45) is 5.73 Å². The van der Waals surface area contributed by atoms with Gasteiger partial charge in [0.15, 0.2) is 5.13 Å². The number of primary amides is 1. The quantitative estimate of drug-likeness (QED) is 0.184. The van der Waals surface area contributed by atoms with Gasteiger partial charge in [-0.05, 0) is 47.2 Å². The fourth-order valence-corrected chi connectivity index (χ4v) is 6.01. The van der Waals surface area contributed by atoms with Crippen molar-refractivity contribution in [2.45, 2.75) is 56.9 Å². The van der Waals surface area contributed by atoms with E-state index >= 15 is 0 Å². The standard InChI is InChI=1S/C29H38N6O5S2/c1-6-7-22(26(37)32-16-17-33-42(39,40)21-14-10-19(11-15-21)25(30)36)34-27(38)23-24(41-28(31-5)35-23)18-8-12-20(13-9-18)29(2,3)4/h8-15,22,33H,6-7,16-17H2,1-5H3,(H2,30,36)(H,31,35)(H,32,37)(H,34,38)/t22-/m1/s1. The molecule has 0 saturated heterocycles. The van der Waals surface area contributed by atoms with Crippen molar-refractivity contribution in [3.8, 4) is 10.4 Å². The van der Waals surface area contributed by atoms with Crippen LogP contribution in [0.25, 0.3) is 10.4 Å². The summed E-state index contributed by atoms with van der Waals surface area (Å²) in [6.07, 6.45) is 1.01. The number of rotatable bonds is 13. The minimum atomic E-state index is -3.86. The number of carbonyl (C=O) groups is 3. The summed E-state index contributed by atoms with van der Waals surface area (Å²) in [5, 5.41) is 9.05. The van der Waals surface area contributed by atoms with Gasteiger partial charge in [0.1, 0.15) is 11.7 Å². The van der Waals surface area contributed by atoms with Crippen LogP contribution in [0, 0.1) is 0 Å². The van der Waals surface area contributed by atoms with E-state index in [1.54, 1.807) is 7.05 Å². The van der Waals surface area contributed by atoms with E-state index < -0.39 is 33.8 Å². The number of anilines is 1. The highest BCUT2D eigenvalue weighted by molar-refractivity contribution is 7.89. The zero-order valence-corrected chi connectivity index (χ0v) is 26.0. The molecule has 3 amide bonds. The first-order valence-electron chi connectivity index (χ1n) is 13.5. The number of thiazole rings is 1. The highest BCUT2D eigenvalue weighted by atomic mass is 32.2. The van der Waals surface area contributed by atoms with E-state index in [4.69, 9.17) is 5.73 Å². The summed E-state index contributed by atoms with van der Waals surface area (Å²) in [7, 11) is -2.14. The third kappa shape index (κ3) is 8.37. The second-order valence-electron chi connectivity index (χ2n) is 10.7. The number of aromatic nitrogens is 1. The fourth-order valence-electron chi connectivity index (χ4n) is 4.06. The van der Waals surface area contributed by atoms with Crippen molar-refractivity contribution in [2.75, 3.05) is 25.5 Å². The number of nitrogens with zero attached hydrogens (tertiary/aromatic N) is 1. The molecule has 3 rings (SSSR count). The van der Waals surface area contributed by atoms with Gasteiger partial charge in [-0.2, -0.15) is 0 Å². The van der Waals surface area contributed by atoms with Gasteiger partial charge in [0.05, 0.1) is 9.77 Å². The van der Waals surface area contributed by atoms with Gasteiger partial charge in [0, 0.05) is 25.7 Å². The van der Waals surface area contributed by atoms with Crippen LogP contribution in [0.4, 0.5) is 5.13 Å². The molecule has 6 N–H and O–H groups in total. The summed E-state index contributed by atoms with van der Waals surface area (Å²) in [6.45, 7) is 8.21. The second-order valence-corrected chi connectivity index (χ2v) is 13.4. The topological polar surface area (TPSA) is 172 Å². The van der Waals surface area contributed by atoms with E-state index in [1.807, 2.05) is 31.2 Å². The maximum absolute atomic E-state index is 13.4. The Bertz CT molecular complexity index is 1510. The number of hydrogen-bond donors (Lipinski definition) is 5. The zero-order valence-electron chi connectivity index (χ0n) is 24.4. The maximum Gasteiger partial charge on any atom is 0.272 e. The highest BCUT2D eigenvalue weighted by Gasteiger charge is 2.26. The minimum Gasteiger partial charge on any atom is -0.366 e. The predicted molar refractivity (Wildman–Crippen MR) is 165 cm³/mol. The van der Waals surface area contributed by atoms with Gasteiger partial charge < -0.3 is 21.7 Å². The summed E-state index contributed by atoms with van der Waals surface area (Å²) < 4.78 is 27.5. The number of nitrogens with one attached hydrogen (secondary N) is 4. The van der Waals surface area contributed by atoms with E-state index in [1.165, 1.54) is 41.2 Å². The molecule has 0 unspecified atom stereocenters. The lowest BCUT2D eigenvalue weighted by molar-refractivity contribution is -0.123. The molecule has 1 aromatic heterocycles. The molecule has 3 aromatic rings. The van der Waals surface area contributed by atoms with Crippen LogP contribution in [0.15, 0.2) is 53.4 Å². The molecule has 0 aliphatic heterocycles. The van der Waals surface area contributed by atoms with E-state index in [0.29, 0.717) is 22.9 Å². The molecular formula is C29H38N6O5S2. The van der Waals surface area contributed by atoms with Crippen LogP contribution in [-0.2, 0) is 20.2 Å². The number of amides is 3. The molecule has 0 bridgehead atoms. The second kappa shape index (κ2) is 13.9. The van der Waals surface area contributed by atoms with Crippen LogP contribution in [0.1, 0.15) is 66.9 Å². The third-order valence-corrected chi connectivity index (χ3v) is 9.03. The van der Waals surface area contributed by atoms with Crippen molar-refractivity contribution in [3.05, 3.63) is 65.4 Å². The lowest BCUT2D eigenvalue weighted by atomic mass is 9.86. The van der Waals surface area contributed by atoms with E-state index in [9.17, 15) is 22.8 Å². The normalized spacial score (nSPS) is 12.4. The van der Waals surface area contributed by atoms with Crippen LogP contribution < -0.4 is 26.4 Å². The summed E-state index contributed by atoms with van der Waals surface area (Å²) in [6, 6.07) is 12.4. The Kier molecular flexibility index (Phi) is 10.8. The first-order chi connectivity index (χ1) is 19.8. The highest BCUT2D eigenvalue weighted by Crippen LogP contribution is 2.34. The summed E-state index contributed by atoms with van der Waals surface area (Å²) >= 11 is 1.35. The van der Waals surface area contributed by atoms with Crippen molar-refractivity contribution >= 4 is 44.2 Å². The largest absolute Gasteiger partial charge is 0.366 e. The van der Waals surface area contributed by atoms with E-state index in [-0.39, 0.29) is 34.7 Å². The van der Waals surface area contributed by atoms with Crippen LogP contribution >= 0.6 is 11.3 Å². The first kappa shape index (κ1) is 32.7. The molecular weight excluding hydrogens is 576 g/mol. The monoisotopic (exact) mass is 614 g/mol. The molecule has 0 radical (unpaired) electrons. The smallest absolute Gasteiger partial charge is 0.272 e. The maximum atomic E-state index is 13.4. The average Bonchev–Trinajstić information content (AvgIpc) is 3.39. The number of nitrogens with two attached hydrogens (primary N) is 1. The van der Waals surface area contributed by atoms with Crippen molar-refractivity contribution in [1.29, 1.82) is 0 Å². The van der Waals surface area contributed by atoms with Crippen molar-refractivity contribution in [3.63, 3.8) is 0 Å². The molecule has 0 fully saturated rings. The Morgan fingerprint density at radius 1 is 1.00 bits per heavy atom. The number of hydrogen-bond acceptors (Lipinski definition) is 8. The summed E-state index contributed by atoms with van der Waals surface area (Å²) in [5.41, 5.74) is 7.60. The fraction of sp³-hybridized carbons (Fsp3) is 0.379. The Balaban J connectivity index is 1.65. The molecule has 0 spiro atoms. The Morgan fingerprint density at radius 3 is 2.19 bits per heavy atom. The van der Waals surface area contributed by atoms with Gasteiger partial charge in [-0.15, -0.1) is 0 Å². The number of sulfonamides is 1. The molecule has 1 heterocycles. The van der Waals surface area contributed by atoms with E-state index in [2.05, 4.69) is 46.4 Å². The lowest BCUT2D eigenvalue weighted by Crippen LogP contribution is -2.48. The Hall–Kier alpha value is -3.81. The van der Waals surface area contributed by atoms with Gasteiger partial charge in [-0.3, -0.25) is 14.4 Å². The molecule has 1 atom stereocenters. The van der Waals surface area contributed by atoms with Crippen LogP contribution in [0.3, 0.4) is 0 Å². The summed E-state index contributed by atoms with van der Waals surface area (Å²) in [4.78, 5) is 42.7. The van der Waals surface area contributed by atoms with Crippen molar-refractivity contribution < 1.29 is 22.8 Å². The van der Waals surface area contributed by atoms with Gasteiger partial charge >= 0.3 is 0 Å². The summed E-state index contributed by atoms with van der Waals surface area (Å²) in [5.74, 6) is -1.57. The molecule has 42 heavy (non-hydrogen) atoms. The molecule has 11 nitrogen and oxygen atoms in total. The van der Waals surface area contributed by atoms with Crippen LogP contribution in [0.2, 0.25) is 0 Å². The molecule has 13 heteroatoms. The predicted octanol–water partition coefficient (Wildman–Crippen LogP) is 3.24. The molecule has 0 aliphatic carbocycles. The van der Waals surface area contributed by atoms with E-state index in [0.717, 1.165) is 5.56 Å². The average molecular weight is 615 g/mol. The third-order valence-electron chi connectivity index (χ3n) is 6.43. The molecule has 2 aromatic carbocycles. The number of carbonyl (C=O) groups excluding carboxylic acids is 3. The van der Waals surface area contributed by atoms with Gasteiger partial charge in [-0.25, -0.2) is 18.1 Å². The number of benzene rings is 2. The molecule has 0 aliphatic rings. The lowest BCUT2D eigenvalue weighted by Gasteiger charge is -2.19. The minimum absolute atomic E-state index is 0.000499. The first-order valence-corrected chi connectivity index (χ1v) is 15.8. The molecule has 0 saturated carbocycles. The van der Waals surface area contributed by atoms with Gasteiger partial charge in [-0.1, -0.05) is 69.7 Å². The molecule has 226 valence electrons.